The Balaban J connectivity index is 1.45. The highest BCUT2D eigenvalue weighted by atomic mass is 15.3. The van der Waals surface area contributed by atoms with E-state index in [1.807, 2.05) is 0 Å². The molecule has 0 unspecified atom stereocenters. The van der Waals surface area contributed by atoms with E-state index < -0.39 is 0 Å². The minimum Gasteiger partial charge on any atom is -0.306 e. The summed E-state index contributed by atoms with van der Waals surface area (Å²) in [6.07, 6.45) is 7.71. The van der Waals surface area contributed by atoms with Gasteiger partial charge in [0.05, 0.1) is 5.69 Å². The van der Waals surface area contributed by atoms with E-state index in [9.17, 15) is 0 Å². The average Bonchev–Trinajstić information content (AvgIpc) is 3.02. The predicted molar refractivity (Wildman–Crippen MR) is 108 cm³/mol. The molecule has 0 saturated carbocycles. The van der Waals surface area contributed by atoms with Crippen molar-refractivity contribution < 1.29 is 0 Å². The Hall–Kier alpha value is -0.910. The zero-order valence-electron chi connectivity index (χ0n) is 17.5. The number of rotatable bonds is 7. The van der Waals surface area contributed by atoms with E-state index in [1.54, 1.807) is 0 Å². The molecule has 2 aliphatic rings. The minimum absolute atomic E-state index is 0.844. The van der Waals surface area contributed by atoms with Crippen molar-refractivity contribution in [2.45, 2.75) is 65.6 Å². The first-order valence-electron chi connectivity index (χ1n) is 10.8. The van der Waals surface area contributed by atoms with Gasteiger partial charge in [-0.05, 0) is 85.2 Å². The summed E-state index contributed by atoms with van der Waals surface area (Å²) in [5.41, 5.74) is 2.60. The third kappa shape index (κ3) is 5.08. The van der Waals surface area contributed by atoms with Gasteiger partial charge in [-0.2, -0.15) is 5.10 Å². The van der Waals surface area contributed by atoms with E-state index in [-0.39, 0.29) is 0 Å². The second-order valence-corrected chi connectivity index (χ2v) is 8.44. The third-order valence-corrected chi connectivity index (χ3v) is 6.58. The molecule has 0 aliphatic carbocycles. The molecule has 2 fully saturated rings. The normalized spacial score (nSPS) is 21.7. The molecule has 2 saturated heterocycles. The maximum absolute atomic E-state index is 4.61. The van der Waals surface area contributed by atoms with Crippen LogP contribution < -0.4 is 0 Å². The lowest BCUT2D eigenvalue weighted by atomic mass is 9.93. The molecule has 3 rings (SSSR count). The van der Waals surface area contributed by atoms with Crippen LogP contribution in [0.15, 0.2) is 6.20 Å². The molecular formula is C21H39N5. The lowest BCUT2D eigenvalue weighted by Crippen LogP contribution is -2.47. The largest absolute Gasteiger partial charge is 0.306 e. The number of hydrogen-bond donors (Lipinski definition) is 0. The maximum atomic E-state index is 4.61. The summed E-state index contributed by atoms with van der Waals surface area (Å²) in [7, 11) is 2.26. The van der Waals surface area contributed by atoms with E-state index in [0.717, 1.165) is 31.6 Å². The molecule has 0 aromatic carbocycles. The van der Waals surface area contributed by atoms with Crippen LogP contribution in [0, 0.1) is 12.8 Å². The van der Waals surface area contributed by atoms with Gasteiger partial charge in [0.1, 0.15) is 0 Å². The maximum Gasteiger partial charge on any atom is 0.0638 e. The smallest absolute Gasteiger partial charge is 0.0638 e. The summed E-state index contributed by atoms with van der Waals surface area (Å²) in [5.74, 6) is 0.860. The number of piperidine rings is 2. The van der Waals surface area contributed by atoms with Crippen LogP contribution in [-0.4, -0.2) is 76.8 Å². The van der Waals surface area contributed by atoms with Crippen LogP contribution in [0.2, 0.25) is 0 Å². The number of likely N-dealkylation sites (tertiary alicyclic amines) is 2. The van der Waals surface area contributed by atoms with Gasteiger partial charge in [0.15, 0.2) is 0 Å². The zero-order valence-corrected chi connectivity index (χ0v) is 17.5. The van der Waals surface area contributed by atoms with E-state index in [1.165, 1.54) is 69.7 Å². The summed E-state index contributed by atoms with van der Waals surface area (Å²) < 4.78 is 2.07. The molecule has 0 N–H and O–H groups in total. The first kappa shape index (κ1) is 19.8. The first-order chi connectivity index (χ1) is 12.6. The summed E-state index contributed by atoms with van der Waals surface area (Å²) in [6, 6.07) is 0.844. The van der Waals surface area contributed by atoms with Crippen LogP contribution in [0.25, 0.3) is 0 Å². The van der Waals surface area contributed by atoms with Crippen LogP contribution in [0.5, 0.6) is 0 Å². The Kier molecular flexibility index (Phi) is 7.12. The quantitative estimate of drug-likeness (QED) is 0.746. The number of nitrogens with zero attached hydrogens (tertiary/aromatic N) is 5. The van der Waals surface area contributed by atoms with Crippen LogP contribution in [0.3, 0.4) is 0 Å². The Labute approximate surface area is 160 Å². The van der Waals surface area contributed by atoms with Gasteiger partial charge in [-0.25, -0.2) is 0 Å². The van der Waals surface area contributed by atoms with Crippen LogP contribution in [0.1, 0.15) is 50.8 Å². The van der Waals surface area contributed by atoms with E-state index in [0.29, 0.717) is 0 Å². The number of aromatic nitrogens is 2. The van der Waals surface area contributed by atoms with Crippen LogP contribution in [-0.2, 0) is 13.1 Å². The van der Waals surface area contributed by atoms with Gasteiger partial charge in [0, 0.05) is 37.4 Å². The van der Waals surface area contributed by atoms with E-state index >= 15 is 0 Å². The Morgan fingerprint density at radius 2 is 1.77 bits per heavy atom. The standard InChI is InChI=1S/C21H39N5/c1-5-24(16-20-17-26(6-2)22-18(20)3)15-19-7-13-25(14-8-19)21-9-11-23(4)12-10-21/h17,19,21H,5-16H2,1-4H3. The molecular weight excluding hydrogens is 322 g/mol. The Morgan fingerprint density at radius 3 is 2.35 bits per heavy atom. The van der Waals surface area contributed by atoms with Gasteiger partial charge in [0.25, 0.3) is 0 Å². The molecule has 0 radical (unpaired) electrons. The SMILES string of the molecule is CCN(Cc1cn(CC)nc1C)CC1CCN(C2CCN(C)CC2)CC1. The van der Waals surface area contributed by atoms with Gasteiger partial charge in [-0.15, -0.1) is 0 Å². The third-order valence-electron chi connectivity index (χ3n) is 6.58. The molecule has 0 atom stereocenters. The second kappa shape index (κ2) is 9.34. The van der Waals surface area contributed by atoms with Crippen molar-refractivity contribution in [1.29, 1.82) is 0 Å². The lowest BCUT2D eigenvalue weighted by Gasteiger charge is -2.41. The predicted octanol–water partition coefficient (Wildman–Crippen LogP) is 2.84. The lowest BCUT2D eigenvalue weighted by molar-refractivity contribution is 0.0746. The van der Waals surface area contributed by atoms with E-state index in [4.69, 9.17) is 0 Å². The summed E-state index contributed by atoms with van der Waals surface area (Å²) in [6.45, 7) is 16.2. The van der Waals surface area contributed by atoms with Gasteiger partial charge in [-0.3, -0.25) is 9.58 Å². The van der Waals surface area contributed by atoms with Crippen molar-refractivity contribution >= 4 is 0 Å². The fourth-order valence-corrected chi connectivity index (χ4v) is 4.65. The number of aryl methyl sites for hydroxylation is 2. The summed E-state index contributed by atoms with van der Waals surface area (Å²) in [4.78, 5) is 7.89. The molecule has 3 heterocycles. The summed E-state index contributed by atoms with van der Waals surface area (Å²) >= 11 is 0. The fraction of sp³-hybridized carbons (Fsp3) is 0.857. The van der Waals surface area contributed by atoms with Crippen LogP contribution >= 0.6 is 0 Å². The molecule has 0 bridgehead atoms. The highest BCUT2D eigenvalue weighted by Gasteiger charge is 2.28. The minimum atomic E-state index is 0.844. The molecule has 5 nitrogen and oxygen atoms in total. The molecule has 0 spiro atoms. The Morgan fingerprint density at radius 1 is 1.08 bits per heavy atom. The molecule has 5 heteroatoms. The monoisotopic (exact) mass is 361 g/mol. The van der Waals surface area contributed by atoms with E-state index in [2.05, 4.69) is 58.5 Å². The van der Waals surface area contributed by atoms with Crippen molar-refractivity contribution in [1.82, 2.24) is 24.5 Å². The summed E-state index contributed by atoms with van der Waals surface area (Å²) in [5, 5.41) is 4.61. The van der Waals surface area contributed by atoms with Crippen molar-refractivity contribution in [3.8, 4) is 0 Å². The molecule has 1 aromatic heterocycles. The van der Waals surface area contributed by atoms with Crippen molar-refractivity contribution in [2.24, 2.45) is 5.92 Å². The molecule has 2 aliphatic heterocycles. The highest BCUT2D eigenvalue weighted by molar-refractivity contribution is 5.15. The fourth-order valence-electron chi connectivity index (χ4n) is 4.65. The van der Waals surface area contributed by atoms with Gasteiger partial charge in [0.2, 0.25) is 0 Å². The number of hydrogen-bond acceptors (Lipinski definition) is 4. The zero-order chi connectivity index (χ0) is 18.5. The molecule has 26 heavy (non-hydrogen) atoms. The van der Waals surface area contributed by atoms with Gasteiger partial charge >= 0.3 is 0 Å². The van der Waals surface area contributed by atoms with Gasteiger partial charge in [-0.1, -0.05) is 6.92 Å². The average molecular weight is 362 g/mol. The van der Waals surface area contributed by atoms with Gasteiger partial charge < -0.3 is 9.80 Å². The molecule has 148 valence electrons. The highest BCUT2D eigenvalue weighted by Crippen LogP contribution is 2.24. The topological polar surface area (TPSA) is 27.5 Å². The molecule has 1 aromatic rings. The molecule has 0 amide bonds. The first-order valence-corrected chi connectivity index (χ1v) is 10.8. The van der Waals surface area contributed by atoms with Crippen LogP contribution in [0.4, 0.5) is 0 Å². The second-order valence-electron chi connectivity index (χ2n) is 8.44. The van der Waals surface area contributed by atoms with Crippen molar-refractivity contribution in [3.63, 3.8) is 0 Å². The Bertz CT molecular complexity index is 539. The van der Waals surface area contributed by atoms with Crippen molar-refractivity contribution in [2.75, 3.05) is 46.3 Å². The van der Waals surface area contributed by atoms with Crippen molar-refractivity contribution in [3.05, 3.63) is 17.5 Å².